The highest BCUT2D eigenvalue weighted by Gasteiger charge is 2.17. The lowest BCUT2D eigenvalue weighted by Gasteiger charge is -2.07. The molecule has 3 heterocycles. The van der Waals surface area contributed by atoms with Crippen LogP contribution in [0, 0.1) is 5.82 Å². The Hall–Kier alpha value is -1.49. The topological polar surface area (TPSA) is 42.2 Å². The zero-order chi connectivity index (χ0) is 11.0. The van der Waals surface area contributed by atoms with Gasteiger partial charge in [-0.25, -0.2) is 4.39 Å². The minimum atomic E-state index is -0.257. The van der Waals surface area contributed by atoms with Gasteiger partial charge < -0.3 is 5.32 Å². The quantitative estimate of drug-likeness (QED) is 0.826. The molecule has 0 spiro atoms. The molecule has 4 nitrogen and oxygen atoms in total. The van der Waals surface area contributed by atoms with Crippen molar-refractivity contribution in [3.05, 3.63) is 30.0 Å². The Bertz CT molecular complexity index is 502. The maximum atomic E-state index is 13.1. The van der Waals surface area contributed by atoms with Crippen molar-refractivity contribution < 1.29 is 4.39 Å². The van der Waals surface area contributed by atoms with Crippen LogP contribution in [0.4, 0.5) is 4.39 Å². The fourth-order valence-corrected chi connectivity index (χ4v) is 2.20. The maximum absolute atomic E-state index is 13.1. The third-order valence-corrected chi connectivity index (χ3v) is 3.03. The first-order chi connectivity index (χ1) is 7.83. The molecule has 0 aromatic carbocycles. The van der Waals surface area contributed by atoms with E-state index in [1.807, 2.05) is 0 Å². The molecule has 0 bridgehead atoms. The zero-order valence-electron chi connectivity index (χ0n) is 8.86. The molecule has 84 valence electrons. The molecule has 0 aliphatic carbocycles. The number of pyridine rings is 1. The van der Waals surface area contributed by atoms with Crippen molar-refractivity contribution in [1.82, 2.24) is 19.9 Å². The number of hydrogen-bond acceptors (Lipinski definition) is 3. The van der Waals surface area contributed by atoms with Crippen molar-refractivity contribution in [1.29, 1.82) is 0 Å². The first-order valence-corrected chi connectivity index (χ1v) is 5.55. The molecule has 0 saturated carbocycles. The molecule has 1 atom stereocenters. The van der Waals surface area contributed by atoms with Gasteiger partial charge in [-0.05, 0) is 31.5 Å². The summed E-state index contributed by atoms with van der Waals surface area (Å²) in [7, 11) is 0. The predicted octanol–water partition coefficient (Wildman–Crippen LogP) is 1.16. The predicted molar refractivity (Wildman–Crippen MR) is 57.7 cm³/mol. The van der Waals surface area contributed by atoms with Gasteiger partial charge in [-0.1, -0.05) is 0 Å². The van der Waals surface area contributed by atoms with Crippen molar-refractivity contribution in [3.63, 3.8) is 0 Å². The van der Waals surface area contributed by atoms with Gasteiger partial charge in [0.05, 0.1) is 0 Å². The van der Waals surface area contributed by atoms with Crippen LogP contribution in [0.2, 0.25) is 0 Å². The second-order valence-corrected chi connectivity index (χ2v) is 4.19. The van der Waals surface area contributed by atoms with Gasteiger partial charge in [0.25, 0.3) is 0 Å². The summed E-state index contributed by atoms with van der Waals surface area (Å²) >= 11 is 0. The van der Waals surface area contributed by atoms with Crippen LogP contribution in [0.25, 0.3) is 5.65 Å². The van der Waals surface area contributed by atoms with Gasteiger partial charge in [0.2, 0.25) is 0 Å². The van der Waals surface area contributed by atoms with Crippen molar-refractivity contribution in [2.75, 3.05) is 6.54 Å². The molecule has 2 aromatic heterocycles. The number of nitrogens with one attached hydrogen (secondary N) is 1. The molecule has 1 fully saturated rings. The molecule has 1 N–H and O–H groups in total. The van der Waals surface area contributed by atoms with E-state index < -0.39 is 0 Å². The summed E-state index contributed by atoms with van der Waals surface area (Å²) in [6, 6.07) is 3.51. The Balaban J connectivity index is 1.93. The number of halogens is 1. The van der Waals surface area contributed by atoms with Crippen LogP contribution in [-0.4, -0.2) is 27.2 Å². The third kappa shape index (κ3) is 1.67. The number of nitrogens with zero attached hydrogens (tertiary/aromatic N) is 3. The molecule has 1 aliphatic rings. The van der Waals surface area contributed by atoms with E-state index in [0.29, 0.717) is 11.7 Å². The third-order valence-electron chi connectivity index (χ3n) is 3.03. The van der Waals surface area contributed by atoms with Gasteiger partial charge in [-0.2, -0.15) is 0 Å². The van der Waals surface area contributed by atoms with Crippen LogP contribution < -0.4 is 5.32 Å². The highest BCUT2D eigenvalue weighted by molar-refractivity contribution is 5.37. The first kappa shape index (κ1) is 9.72. The number of fused-ring (bicyclic) bond motifs is 1. The van der Waals surface area contributed by atoms with E-state index in [1.165, 1.54) is 18.7 Å². The lowest BCUT2D eigenvalue weighted by Crippen LogP contribution is -2.24. The number of aromatic nitrogens is 3. The second-order valence-electron chi connectivity index (χ2n) is 4.19. The molecular weight excluding hydrogens is 207 g/mol. The summed E-state index contributed by atoms with van der Waals surface area (Å²) in [4.78, 5) is 0. The van der Waals surface area contributed by atoms with Crippen molar-refractivity contribution in [2.45, 2.75) is 25.3 Å². The van der Waals surface area contributed by atoms with E-state index in [1.54, 1.807) is 10.5 Å². The lowest BCUT2D eigenvalue weighted by atomic mass is 10.1. The Morgan fingerprint density at radius 3 is 3.19 bits per heavy atom. The molecule has 16 heavy (non-hydrogen) atoms. The Labute approximate surface area is 92.5 Å². The highest BCUT2D eigenvalue weighted by atomic mass is 19.1. The van der Waals surface area contributed by atoms with E-state index in [0.717, 1.165) is 25.2 Å². The van der Waals surface area contributed by atoms with Crippen LogP contribution in [-0.2, 0) is 6.42 Å². The molecule has 1 saturated heterocycles. The lowest BCUT2D eigenvalue weighted by molar-refractivity contribution is 0.577. The zero-order valence-corrected chi connectivity index (χ0v) is 8.86. The fraction of sp³-hybridized carbons (Fsp3) is 0.455. The maximum Gasteiger partial charge on any atom is 0.160 e. The highest BCUT2D eigenvalue weighted by Crippen LogP contribution is 2.12. The van der Waals surface area contributed by atoms with Gasteiger partial charge in [0.15, 0.2) is 5.65 Å². The number of hydrogen-bond donors (Lipinski definition) is 1. The standard InChI is InChI=1S/C11H13FN4/c12-8-3-4-10-14-15-11(16(10)7-8)6-9-2-1-5-13-9/h3-4,7,9,13H,1-2,5-6H2. The minimum absolute atomic E-state index is 0.257. The molecule has 2 aromatic rings. The number of rotatable bonds is 2. The Kier molecular flexibility index (Phi) is 2.32. The summed E-state index contributed by atoms with van der Waals surface area (Å²) in [6.45, 7) is 1.07. The van der Waals surface area contributed by atoms with Gasteiger partial charge in [-0.3, -0.25) is 4.40 Å². The SMILES string of the molecule is Fc1ccc2nnc(CC3CCCN3)n2c1. The molecule has 0 amide bonds. The first-order valence-electron chi connectivity index (χ1n) is 5.55. The average Bonchev–Trinajstić information content (AvgIpc) is 2.90. The second kappa shape index (κ2) is 3.83. The van der Waals surface area contributed by atoms with Gasteiger partial charge in [-0.15, -0.1) is 10.2 Å². The van der Waals surface area contributed by atoms with Gasteiger partial charge in [0.1, 0.15) is 11.6 Å². The van der Waals surface area contributed by atoms with Crippen molar-refractivity contribution in [3.8, 4) is 0 Å². The molecule has 5 heteroatoms. The Morgan fingerprint density at radius 2 is 2.38 bits per heavy atom. The summed E-state index contributed by atoms with van der Waals surface area (Å²) in [5, 5.41) is 11.5. The minimum Gasteiger partial charge on any atom is -0.314 e. The van der Waals surface area contributed by atoms with Crippen LogP contribution in [0.15, 0.2) is 18.3 Å². The molecule has 1 aliphatic heterocycles. The molecule has 0 radical (unpaired) electrons. The van der Waals surface area contributed by atoms with Crippen molar-refractivity contribution >= 4 is 5.65 Å². The molecule has 1 unspecified atom stereocenters. The molecular formula is C11H13FN4. The van der Waals surface area contributed by atoms with Gasteiger partial charge in [0, 0.05) is 18.7 Å². The van der Waals surface area contributed by atoms with Gasteiger partial charge >= 0.3 is 0 Å². The van der Waals surface area contributed by atoms with Crippen LogP contribution in [0.1, 0.15) is 18.7 Å². The summed E-state index contributed by atoms with van der Waals surface area (Å²) in [5.74, 6) is 0.571. The normalized spacial score (nSPS) is 20.7. The largest absolute Gasteiger partial charge is 0.314 e. The Morgan fingerprint density at radius 1 is 1.44 bits per heavy atom. The fourth-order valence-electron chi connectivity index (χ4n) is 2.20. The summed E-state index contributed by atoms with van der Waals surface area (Å²) < 4.78 is 14.8. The average molecular weight is 220 g/mol. The van der Waals surface area contributed by atoms with Crippen LogP contribution >= 0.6 is 0 Å². The van der Waals surface area contributed by atoms with E-state index in [-0.39, 0.29) is 5.82 Å². The van der Waals surface area contributed by atoms with Crippen molar-refractivity contribution in [2.24, 2.45) is 0 Å². The van der Waals surface area contributed by atoms with E-state index >= 15 is 0 Å². The summed E-state index contributed by atoms with van der Waals surface area (Å²) in [6.07, 6.45) is 4.62. The molecule has 3 rings (SSSR count). The van der Waals surface area contributed by atoms with Crippen LogP contribution in [0.3, 0.4) is 0 Å². The van der Waals surface area contributed by atoms with Crippen LogP contribution in [0.5, 0.6) is 0 Å². The summed E-state index contributed by atoms with van der Waals surface area (Å²) in [5.41, 5.74) is 0.703. The smallest absolute Gasteiger partial charge is 0.160 e. The van der Waals surface area contributed by atoms with E-state index in [9.17, 15) is 4.39 Å². The van der Waals surface area contributed by atoms with E-state index in [2.05, 4.69) is 15.5 Å². The van der Waals surface area contributed by atoms with E-state index in [4.69, 9.17) is 0 Å². The monoisotopic (exact) mass is 220 g/mol.